The number of rotatable bonds is 5. The van der Waals surface area contributed by atoms with E-state index in [0.717, 1.165) is 0 Å². The van der Waals surface area contributed by atoms with E-state index in [2.05, 4.69) is 15.1 Å². The number of thiazole rings is 1. The van der Waals surface area contributed by atoms with Gasteiger partial charge in [-0.2, -0.15) is 4.98 Å². The third-order valence-corrected chi connectivity index (χ3v) is 3.59. The number of hydrogen-bond acceptors (Lipinski definition) is 8. The fraction of sp³-hybridized carbons (Fsp3) is 0.500. The number of carbonyl (C=O) groups excluding carboxylic acids is 1. The Balaban J connectivity index is 2.15. The summed E-state index contributed by atoms with van der Waals surface area (Å²) >= 11 is 1.32. The van der Waals surface area contributed by atoms with Crippen molar-refractivity contribution in [3.8, 4) is 10.8 Å². The molecule has 0 aromatic carbocycles. The molecule has 0 aliphatic rings. The van der Waals surface area contributed by atoms with Gasteiger partial charge in [0, 0.05) is 11.8 Å². The van der Waals surface area contributed by atoms with Gasteiger partial charge in [0.2, 0.25) is 11.7 Å². The van der Waals surface area contributed by atoms with Crippen LogP contribution >= 0.6 is 11.3 Å². The SMILES string of the molecule is COC(=O)C(C)(C)Cc1nc(-c2nc(CO)cs2)no1. The van der Waals surface area contributed by atoms with E-state index in [0.29, 0.717) is 22.4 Å². The molecule has 0 bridgehead atoms. The lowest BCUT2D eigenvalue weighted by Crippen LogP contribution is -2.28. The number of ether oxygens (including phenoxy) is 1. The van der Waals surface area contributed by atoms with Gasteiger partial charge in [0.15, 0.2) is 5.01 Å². The third kappa shape index (κ3) is 3.02. The predicted molar refractivity (Wildman–Crippen MR) is 70.8 cm³/mol. The molecule has 0 aliphatic heterocycles. The number of aliphatic hydroxyl groups is 1. The van der Waals surface area contributed by atoms with Crippen LogP contribution in [0.3, 0.4) is 0 Å². The van der Waals surface area contributed by atoms with Crippen molar-refractivity contribution in [2.75, 3.05) is 7.11 Å². The fourth-order valence-corrected chi connectivity index (χ4v) is 2.36. The van der Waals surface area contributed by atoms with E-state index >= 15 is 0 Å². The number of aromatic nitrogens is 3. The Kier molecular flexibility index (Phi) is 4.15. The highest BCUT2D eigenvalue weighted by molar-refractivity contribution is 7.13. The van der Waals surface area contributed by atoms with Crippen LogP contribution in [0.15, 0.2) is 9.90 Å². The summed E-state index contributed by atoms with van der Waals surface area (Å²) in [5.41, 5.74) is -0.177. The number of aliphatic hydroxyl groups excluding tert-OH is 1. The molecule has 20 heavy (non-hydrogen) atoms. The number of carbonyl (C=O) groups is 1. The molecule has 2 aromatic heterocycles. The van der Waals surface area contributed by atoms with E-state index in [1.807, 2.05) is 0 Å². The maximum absolute atomic E-state index is 11.6. The minimum atomic E-state index is -0.738. The van der Waals surface area contributed by atoms with Gasteiger partial charge in [-0.25, -0.2) is 4.98 Å². The molecule has 0 saturated carbocycles. The smallest absolute Gasteiger partial charge is 0.311 e. The first kappa shape index (κ1) is 14.6. The molecule has 8 heteroatoms. The molecule has 0 saturated heterocycles. The minimum absolute atomic E-state index is 0.128. The zero-order valence-corrected chi connectivity index (χ0v) is 12.2. The number of methoxy groups -OCH3 is 1. The highest BCUT2D eigenvalue weighted by Crippen LogP contribution is 2.25. The molecule has 0 fully saturated rings. The maximum Gasteiger partial charge on any atom is 0.311 e. The van der Waals surface area contributed by atoms with E-state index < -0.39 is 5.41 Å². The van der Waals surface area contributed by atoms with Crippen LogP contribution < -0.4 is 0 Å². The molecule has 0 spiro atoms. The van der Waals surface area contributed by atoms with Gasteiger partial charge >= 0.3 is 5.97 Å². The molecule has 108 valence electrons. The molecule has 7 nitrogen and oxygen atoms in total. The third-order valence-electron chi connectivity index (χ3n) is 2.70. The highest BCUT2D eigenvalue weighted by atomic mass is 32.1. The lowest BCUT2D eigenvalue weighted by atomic mass is 9.89. The lowest BCUT2D eigenvalue weighted by Gasteiger charge is -2.18. The molecular formula is C12H15N3O4S. The second kappa shape index (κ2) is 5.68. The van der Waals surface area contributed by atoms with E-state index in [-0.39, 0.29) is 19.0 Å². The first-order valence-electron chi connectivity index (χ1n) is 5.93. The van der Waals surface area contributed by atoms with Crippen molar-refractivity contribution >= 4 is 17.3 Å². The molecule has 2 heterocycles. The van der Waals surface area contributed by atoms with Crippen LogP contribution in [0.4, 0.5) is 0 Å². The van der Waals surface area contributed by atoms with E-state index in [1.165, 1.54) is 18.4 Å². The Morgan fingerprint density at radius 3 is 2.85 bits per heavy atom. The summed E-state index contributed by atoms with van der Waals surface area (Å²) in [7, 11) is 1.34. The Labute approximate surface area is 119 Å². The van der Waals surface area contributed by atoms with E-state index in [9.17, 15) is 4.79 Å². The Hall–Kier alpha value is -1.80. The molecule has 0 atom stereocenters. The standard InChI is InChI=1S/C12H15N3O4S/c1-12(2,11(17)18-3)4-8-14-9(15-19-8)10-13-7(5-16)6-20-10/h6,16H,4-5H2,1-3H3. The second-order valence-corrected chi connectivity index (χ2v) is 5.72. The Morgan fingerprint density at radius 1 is 1.50 bits per heavy atom. The zero-order valence-electron chi connectivity index (χ0n) is 11.4. The quantitative estimate of drug-likeness (QED) is 0.833. The first-order chi connectivity index (χ1) is 9.46. The topological polar surface area (TPSA) is 98.3 Å². The number of nitrogens with zero attached hydrogens (tertiary/aromatic N) is 3. The van der Waals surface area contributed by atoms with Crippen LogP contribution in [-0.4, -0.2) is 33.3 Å². The summed E-state index contributed by atoms with van der Waals surface area (Å²) in [5.74, 6) is 0.357. The number of hydrogen-bond donors (Lipinski definition) is 1. The van der Waals surface area contributed by atoms with Gasteiger partial charge < -0.3 is 14.4 Å². The first-order valence-corrected chi connectivity index (χ1v) is 6.81. The normalized spacial score (nSPS) is 11.6. The molecular weight excluding hydrogens is 282 g/mol. The number of esters is 1. The van der Waals surface area contributed by atoms with Crippen molar-refractivity contribution in [3.63, 3.8) is 0 Å². The summed E-state index contributed by atoms with van der Waals surface area (Å²) in [6.45, 7) is 3.36. The van der Waals surface area contributed by atoms with Gasteiger partial charge in [-0.3, -0.25) is 4.79 Å². The Bertz CT molecular complexity index is 605. The summed E-state index contributed by atoms with van der Waals surface area (Å²) in [6, 6.07) is 0. The molecule has 0 amide bonds. The van der Waals surface area contributed by atoms with Crippen LogP contribution in [0.1, 0.15) is 25.4 Å². The molecule has 0 unspecified atom stereocenters. The van der Waals surface area contributed by atoms with Crippen molar-refractivity contribution < 1.29 is 19.2 Å². The predicted octanol–water partition coefficient (Wildman–Crippen LogP) is 1.43. The van der Waals surface area contributed by atoms with Crippen LogP contribution in [0.25, 0.3) is 10.8 Å². The van der Waals surface area contributed by atoms with Crippen LogP contribution in [0, 0.1) is 5.41 Å². The van der Waals surface area contributed by atoms with Gasteiger partial charge in [-0.1, -0.05) is 5.16 Å². The molecule has 2 aromatic rings. The lowest BCUT2D eigenvalue weighted by molar-refractivity contribution is -0.150. The van der Waals surface area contributed by atoms with Crippen molar-refractivity contribution in [3.05, 3.63) is 17.0 Å². The molecule has 2 rings (SSSR count). The summed E-state index contributed by atoms with van der Waals surface area (Å²) in [6.07, 6.45) is 0.283. The zero-order chi connectivity index (χ0) is 14.8. The van der Waals surface area contributed by atoms with Crippen molar-refractivity contribution in [1.82, 2.24) is 15.1 Å². The maximum atomic E-state index is 11.6. The van der Waals surface area contributed by atoms with Crippen LogP contribution in [0.5, 0.6) is 0 Å². The van der Waals surface area contributed by atoms with Crippen LogP contribution in [-0.2, 0) is 22.6 Å². The Morgan fingerprint density at radius 2 is 2.25 bits per heavy atom. The van der Waals surface area contributed by atoms with Gasteiger partial charge in [0.25, 0.3) is 0 Å². The minimum Gasteiger partial charge on any atom is -0.469 e. The fourth-order valence-electron chi connectivity index (χ4n) is 1.62. The van der Waals surface area contributed by atoms with Crippen molar-refractivity contribution in [1.29, 1.82) is 0 Å². The summed E-state index contributed by atoms with van der Waals surface area (Å²) in [5, 5.41) is 15.1. The van der Waals surface area contributed by atoms with E-state index in [4.69, 9.17) is 14.4 Å². The van der Waals surface area contributed by atoms with Crippen molar-refractivity contribution in [2.24, 2.45) is 5.41 Å². The molecule has 0 aliphatic carbocycles. The monoisotopic (exact) mass is 297 g/mol. The van der Waals surface area contributed by atoms with Gasteiger partial charge in [-0.05, 0) is 13.8 Å². The van der Waals surface area contributed by atoms with Gasteiger partial charge in [0.1, 0.15) is 0 Å². The summed E-state index contributed by atoms with van der Waals surface area (Å²) in [4.78, 5) is 20.0. The molecule has 1 N–H and O–H groups in total. The van der Waals surface area contributed by atoms with Crippen molar-refractivity contribution in [2.45, 2.75) is 26.9 Å². The largest absolute Gasteiger partial charge is 0.469 e. The average Bonchev–Trinajstić information content (AvgIpc) is 3.05. The molecule has 0 radical (unpaired) electrons. The van der Waals surface area contributed by atoms with E-state index in [1.54, 1.807) is 19.2 Å². The summed E-state index contributed by atoms with van der Waals surface area (Å²) < 4.78 is 9.86. The van der Waals surface area contributed by atoms with Gasteiger partial charge in [-0.15, -0.1) is 11.3 Å². The highest BCUT2D eigenvalue weighted by Gasteiger charge is 2.31. The average molecular weight is 297 g/mol. The second-order valence-electron chi connectivity index (χ2n) is 4.87. The van der Waals surface area contributed by atoms with Gasteiger partial charge in [0.05, 0.1) is 24.8 Å². The van der Waals surface area contributed by atoms with Crippen LogP contribution in [0.2, 0.25) is 0 Å².